The number of benzene rings is 1. The van der Waals surface area contributed by atoms with Gasteiger partial charge in [-0.3, -0.25) is 9.69 Å². The van der Waals surface area contributed by atoms with Crippen LogP contribution in [0.5, 0.6) is 0 Å². The molecular weight excluding hydrogens is 286 g/mol. The predicted molar refractivity (Wildman–Crippen MR) is 95.4 cm³/mol. The predicted octanol–water partition coefficient (Wildman–Crippen LogP) is 2.67. The van der Waals surface area contributed by atoms with E-state index in [1.807, 2.05) is 18.2 Å². The first-order valence-corrected chi connectivity index (χ1v) is 8.86. The third-order valence-corrected chi connectivity index (χ3v) is 4.47. The highest BCUT2D eigenvalue weighted by Crippen LogP contribution is 2.17. The van der Waals surface area contributed by atoms with Gasteiger partial charge in [0.2, 0.25) is 5.91 Å². The number of rotatable bonds is 7. The summed E-state index contributed by atoms with van der Waals surface area (Å²) in [6.07, 6.45) is 5.97. The average Bonchev–Trinajstić information content (AvgIpc) is 2.80. The van der Waals surface area contributed by atoms with E-state index in [1.54, 1.807) is 0 Å². The zero-order valence-corrected chi connectivity index (χ0v) is 14.6. The first-order valence-electron chi connectivity index (χ1n) is 8.86. The van der Waals surface area contributed by atoms with E-state index in [0.29, 0.717) is 6.54 Å². The third kappa shape index (κ3) is 6.71. The lowest BCUT2D eigenvalue weighted by molar-refractivity contribution is -0.123. The molecule has 23 heavy (non-hydrogen) atoms. The Kier molecular flexibility index (Phi) is 7.56. The zero-order chi connectivity index (χ0) is 16.5. The minimum absolute atomic E-state index is 0.0954. The Morgan fingerprint density at radius 3 is 2.39 bits per heavy atom. The number of amides is 1. The van der Waals surface area contributed by atoms with Crippen LogP contribution in [-0.4, -0.2) is 56.0 Å². The molecule has 0 aromatic heterocycles. The van der Waals surface area contributed by atoms with Gasteiger partial charge in [-0.25, -0.2) is 0 Å². The normalized spacial score (nSPS) is 17.7. The molecule has 1 aliphatic heterocycles. The Hall–Kier alpha value is -1.39. The SMILES string of the molecule is CN(C)CC[C@H](NC(=O)CN1CCCCCC1)c1ccccc1. The second kappa shape index (κ2) is 9.68. The van der Waals surface area contributed by atoms with Crippen molar-refractivity contribution >= 4 is 5.91 Å². The fourth-order valence-corrected chi connectivity index (χ4v) is 3.13. The lowest BCUT2D eigenvalue weighted by atomic mass is 10.0. The smallest absolute Gasteiger partial charge is 0.234 e. The van der Waals surface area contributed by atoms with E-state index in [2.05, 4.69) is 41.3 Å². The van der Waals surface area contributed by atoms with Gasteiger partial charge >= 0.3 is 0 Å². The molecule has 1 heterocycles. The van der Waals surface area contributed by atoms with Crippen LogP contribution in [0.2, 0.25) is 0 Å². The molecule has 1 amide bonds. The summed E-state index contributed by atoms with van der Waals surface area (Å²) < 4.78 is 0. The molecule has 1 aliphatic rings. The van der Waals surface area contributed by atoms with Crippen LogP contribution in [-0.2, 0) is 4.79 Å². The van der Waals surface area contributed by atoms with E-state index in [4.69, 9.17) is 0 Å². The fourth-order valence-electron chi connectivity index (χ4n) is 3.13. The molecule has 1 saturated heterocycles. The van der Waals surface area contributed by atoms with Gasteiger partial charge in [-0.2, -0.15) is 0 Å². The number of carbonyl (C=O) groups is 1. The van der Waals surface area contributed by atoms with Gasteiger partial charge in [-0.05, 0) is 58.6 Å². The minimum atomic E-state index is 0.0954. The summed E-state index contributed by atoms with van der Waals surface area (Å²) in [4.78, 5) is 17.0. The minimum Gasteiger partial charge on any atom is -0.348 e. The highest BCUT2D eigenvalue weighted by Gasteiger charge is 2.17. The van der Waals surface area contributed by atoms with E-state index in [9.17, 15) is 4.79 Å². The molecule has 1 atom stereocenters. The lowest BCUT2D eigenvalue weighted by Crippen LogP contribution is -2.40. The van der Waals surface area contributed by atoms with Crippen LogP contribution in [0.3, 0.4) is 0 Å². The molecule has 128 valence electrons. The Bertz CT molecular complexity index is 453. The molecular formula is C19H31N3O. The monoisotopic (exact) mass is 317 g/mol. The second-order valence-electron chi connectivity index (χ2n) is 6.81. The molecule has 0 radical (unpaired) electrons. The molecule has 1 aromatic rings. The molecule has 0 spiro atoms. The summed E-state index contributed by atoms with van der Waals surface area (Å²) in [6, 6.07) is 10.4. The van der Waals surface area contributed by atoms with Gasteiger partial charge in [0.1, 0.15) is 0 Å². The largest absolute Gasteiger partial charge is 0.348 e. The van der Waals surface area contributed by atoms with Crippen molar-refractivity contribution in [1.29, 1.82) is 0 Å². The van der Waals surface area contributed by atoms with Gasteiger partial charge in [0.05, 0.1) is 12.6 Å². The molecule has 0 unspecified atom stereocenters. The van der Waals surface area contributed by atoms with E-state index in [-0.39, 0.29) is 11.9 Å². The first-order chi connectivity index (χ1) is 11.1. The van der Waals surface area contributed by atoms with Crippen molar-refractivity contribution in [3.8, 4) is 0 Å². The molecule has 1 N–H and O–H groups in total. The lowest BCUT2D eigenvalue weighted by Gasteiger charge is -2.24. The Morgan fingerprint density at radius 2 is 1.78 bits per heavy atom. The highest BCUT2D eigenvalue weighted by atomic mass is 16.2. The van der Waals surface area contributed by atoms with Crippen LogP contribution >= 0.6 is 0 Å². The molecule has 1 fully saturated rings. The summed E-state index contributed by atoms with van der Waals surface area (Å²) in [5, 5.41) is 3.25. The number of likely N-dealkylation sites (tertiary alicyclic amines) is 1. The number of hydrogen-bond acceptors (Lipinski definition) is 3. The van der Waals surface area contributed by atoms with E-state index in [0.717, 1.165) is 26.1 Å². The summed E-state index contributed by atoms with van der Waals surface area (Å²) in [5.74, 6) is 0.152. The molecule has 2 rings (SSSR count). The van der Waals surface area contributed by atoms with E-state index in [1.165, 1.54) is 31.2 Å². The number of nitrogens with one attached hydrogen (secondary N) is 1. The van der Waals surface area contributed by atoms with Crippen molar-refractivity contribution in [1.82, 2.24) is 15.1 Å². The topological polar surface area (TPSA) is 35.6 Å². The van der Waals surface area contributed by atoms with Gasteiger partial charge in [0, 0.05) is 0 Å². The van der Waals surface area contributed by atoms with Crippen molar-refractivity contribution in [3.05, 3.63) is 35.9 Å². The number of hydrogen-bond donors (Lipinski definition) is 1. The van der Waals surface area contributed by atoms with Crippen LogP contribution in [0.1, 0.15) is 43.7 Å². The quantitative estimate of drug-likeness (QED) is 0.840. The maximum atomic E-state index is 12.5. The average molecular weight is 317 g/mol. The number of nitrogens with zero attached hydrogens (tertiary/aromatic N) is 2. The summed E-state index contributed by atoms with van der Waals surface area (Å²) in [7, 11) is 4.14. The Balaban J connectivity index is 1.91. The van der Waals surface area contributed by atoms with Crippen molar-refractivity contribution in [2.75, 3.05) is 40.3 Å². The van der Waals surface area contributed by atoms with Crippen molar-refractivity contribution in [2.24, 2.45) is 0 Å². The van der Waals surface area contributed by atoms with Crippen LogP contribution < -0.4 is 5.32 Å². The van der Waals surface area contributed by atoms with E-state index < -0.39 is 0 Å². The number of carbonyl (C=O) groups excluding carboxylic acids is 1. The molecule has 4 nitrogen and oxygen atoms in total. The van der Waals surface area contributed by atoms with Crippen LogP contribution in [0, 0.1) is 0 Å². The Morgan fingerprint density at radius 1 is 1.13 bits per heavy atom. The molecule has 1 aromatic carbocycles. The maximum Gasteiger partial charge on any atom is 0.234 e. The summed E-state index contributed by atoms with van der Waals surface area (Å²) >= 11 is 0. The molecule has 0 saturated carbocycles. The molecule has 0 bridgehead atoms. The van der Waals surface area contributed by atoms with Crippen molar-refractivity contribution < 1.29 is 4.79 Å². The summed E-state index contributed by atoms with van der Waals surface area (Å²) in [5.41, 5.74) is 1.19. The standard InChI is InChI=1S/C19H31N3O/c1-21(2)15-12-18(17-10-6-5-7-11-17)20-19(23)16-22-13-8-3-4-9-14-22/h5-7,10-11,18H,3-4,8-9,12-16H2,1-2H3,(H,20,23)/t18-/m0/s1. The van der Waals surface area contributed by atoms with Crippen LogP contribution in [0.15, 0.2) is 30.3 Å². The van der Waals surface area contributed by atoms with Gasteiger partial charge in [-0.15, -0.1) is 0 Å². The molecule has 4 heteroatoms. The van der Waals surface area contributed by atoms with Crippen LogP contribution in [0.25, 0.3) is 0 Å². The van der Waals surface area contributed by atoms with Gasteiger partial charge in [0.25, 0.3) is 0 Å². The fraction of sp³-hybridized carbons (Fsp3) is 0.632. The van der Waals surface area contributed by atoms with Crippen LogP contribution in [0.4, 0.5) is 0 Å². The zero-order valence-electron chi connectivity index (χ0n) is 14.6. The molecule has 0 aliphatic carbocycles. The van der Waals surface area contributed by atoms with Gasteiger partial charge < -0.3 is 10.2 Å². The van der Waals surface area contributed by atoms with Gasteiger partial charge in [0.15, 0.2) is 0 Å². The third-order valence-electron chi connectivity index (χ3n) is 4.47. The van der Waals surface area contributed by atoms with E-state index >= 15 is 0 Å². The summed E-state index contributed by atoms with van der Waals surface area (Å²) in [6.45, 7) is 3.61. The maximum absolute atomic E-state index is 12.5. The Labute approximate surface area is 140 Å². The first kappa shape index (κ1) is 18.0. The van der Waals surface area contributed by atoms with Crippen molar-refractivity contribution in [2.45, 2.75) is 38.1 Å². The van der Waals surface area contributed by atoms with Crippen molar-refractivity contribution in [3.63, 3.8) is 0 Å². The highest BCUT2D eigenvalue weighted by molar-refractivity contribution is 5.78. The second-order valence-corrected chi connectivity index (χ2v) is 6.81. The van der Waals surface area contributed by atoms with Gasteiger partial charge in [-0.1, -0.05) is 43.2 Å².